The fraction of sp³-hybridized carbons (Fsp3) is 0.286. The summed E-state index contributed by atoms with van der Waals surface area (Å²) in [7, 11) is 0. The highest BCUT2D eigenvalue weighted by Gasteiger charge is 2.03. The summed E-state index contributed by atoms with van der Waals surface area (Å²) in [6.07, 6.45) is 1.71. The average molecular weight is 213 g/mol. The van der Waals surface area contributed by atoms with E-state index >= 15 is 0 Å². The van der Waals surface area contributed by atoms with E-state index in [1.807, 2.05) is 13.8 Å². The smallest absolute Gasteiger partial charge is 0.0807 e. The van der Waals surface area contributed by atoms with Gasteiger partial charge >= 0.3 is 0 Å². The lowest BCUT2D eigenvalue weighted by molar-refractivity contribution is 1.17. The van der Waals surface area contributed by atoms with Crippen molar-refractivity contribution in [1.29, 1.82) is 0 Å². The molecule has 0 fully saturated rings. The maximum atomic E-state index is 5.81. The van der Waals surface area contributed by atoms with Gasteiger partial charge in [-0.05, 0) is 19.4 Å². The van der Waals surface area contributed by atoms with E-state index in [0.29, 0.717) is 10.0 Å². The summed E-state index contributed by atoms with van der Waals surface area (Å²) in [5.74, 6) is 0. The van der Waals surface area contributed by atoms with Crippen molar-refractivity contribution in [2.45, 2.75) is 13.8 Å². The largest absolute Gasteiger partial charge is 0.260 e. The van der Waals surface area contributed by atoms with E-state index in [1.165, 1.54) is 0 Å². The van der Waals surface area contributed by atoms with Crippen LogP contribution in [0, 0.1) is 13.8 Å². The molecule has 1 rings (SSSR count). The normalized spacial score (nSPS) is 9.09. The second-order valence-corrected chi connectivity index (χ2v) is 2.91. The maximum absolute atomic E-state index is 5.81. The minimum absolute atomic E-state index is 0. The van der Waals surface area contributed by atoms with E-state index in [-0.39, 0.29) is 12.4 Å². The first-order valence-electron chi connectivity index (χ1n) is 2.90. The first-order valence-corrected chi connectivity index (χ1v) is 3.65. The Hall–Kier alpha value is 0.0200. The molecule has 0 atom stereocenters. The summed E-state index contributed by atoms with van der Waals surface area (Å²) < 4.78 is 0. The number of pyridine rings is 1. The molecular weight excluding hydrogens is 204 g/mol. The van der Waals surface area contributed by atoms with Crippen LogP contribution in [0.4, 0.5) is 0 Å². The van der Waals surface area contributed by atoms with Crippen LogP contribution in [-0.4, -0.2) is 4.98 Å². The second-order valence-electron chi connectivity index (χ2n) is 2.15. The Morgan fingerprint density at radius 1 is 1.18 bits per heavy atom. The van der Waals surface area contributed by atoms with Gasteiger partial charge in [0.05, 0.1) is 15.7 Å². The van der Waals surface area contributed by atoms with Gasteiger partial charge in [0.15, 0.2) is 0 Å². The Kier molecular flexibility index (Phi) is 4.16. The predicted octanol–water partition coefficient (Wildman–Crippen LogP) is 3.43. The minimum Gasteiger partial charge on any atom is -0.260 e. The van der Waals surface area contributed by atoms with Gasteiger partial charge in [0.25, 0.3) is 0 Å². The van der Waals surface area contributed by atoms with Crippen molar-refractivity contribution < 1.29 is 0 Å². The number of aromatic nitrogens is 1. The molecule has 1 nitrogen and oxygen atoms in total. The molecule has 0 radical (unpaired) electrons. The molecule has 1 heterocycles. The number of rotatable bonds is 0. The third-order valence-corrected chi connectivity index (χ3v) is 2.35. The van der Waals surface area contributed by atoms with E-state index in [1.54, 1.807) is 6.20 Å². The van der Waals surface area contributed by atoms with Crippen LogP contribution in [0.5, 0.6) is 0 Å². The van der Waals surface area contributed by atoms with Gasteiger partial charge in [0, 0.05) is 6.20 Å². The number of hydrogen-bond acceptors (Lipinski definition) is 1. The fourth-order valence-electron chi connectivity index (χ4n) is 0.639. The van der Waals surface area contributed by atoms with Crippen molar-refractivity contribution in [2.24, 2.45) is 0 Å². The average Bonchev–Trinajstić information content (AvgIpc) is 1.93. The monoisotopic (exact) mass is 211 g/mol. The Morgan fingerprint density at radius 2 is 1.73 bits per heavy atom. The lowest BCUT2D eigenvalue weighted by atomic mass is 10.3. The molecular formula is C7H8Cl3N. The van der Waals surface area contributed by atoms with E-state index in [0.717, 1.165) is 11.3 Å². The maximum Gasteiger partial charge on any atom is 0.0807 e. The van der Waals surface area contributed by atoms with Crippen LogP contribution in [-0.2, 0) is 0 Å². The van der Waals surface area contributed by atoms with Gasteiger partial charge in [-0.25, -0.2) is 0 Å². The standard InChI is InChI=1S/C7H7Cl2N.ClH/c1-4-3-10-5(2)7(9)6(4)8;/h3H,1-2H3;1H. The Labute approximate surface area is 82.1 Å². The lowest BCUT2D eigenvalue weighted by Crippen LogP contribution is -1.85. The van der Waals surface area contributed by atoms with Crippen LogP contribution in [0.2, 0.25) is 10.0 Å². The molecule has 0 spiro atoms. The number of halogens is 3. The van der Waals surface area contributed by atoms with Gasteiger partial charge in [-0.2, -0.15) is 0 Å². The molecule has 0 aromatic carbocycles. The van der Waals surface area contributed by atoms with Crippen LogP contribution in [0.3, 0.4) is 0 Å². The molecule has 0 saturated carbocycles. The molecule has 0 unspecified atom stereocenters. The van der Waals surface area contributed by atoms with Crippen molar-refractivity contribution in [3.8, 4) is 0 Å². The topological polar surface area (TPSA) is 12.9 Å². The van der Waals surface area contributed by atoms with Crippen molar-refractivity contribution >= 4 is 35.6 Å². The van der Waals surface area contributed by atoms with E-state index in [4.69, 9.17) is 23.2 Å². The first kappa shape index (κ1) is 11.0. The van der Waals surface area contributed by atoms with Crippen molar-refractivity contribution in [2.75, 3.05) is 0 Å². The van der Waals surface area contributed by atoms with Gasteiger partial charge in [-0.1, -0.05) is 23.2 Å². The number of aryl methyl sites for hydroxylation is 2. The van der Waals surface area contributed by atoms with Crippen molar-refractivity contribution in [3.63, 3.8) is 0 Å². The lowest BCUT2D eigenvalue weighted by Gasteiger charge is -2.00. The van der Waals surface area contributed by atoms with Gasteiger partial charge in [-0.3, -0.25) is 4.98 Å². The Balaban J connectivity index is 0.000001000. The molecule has 0 aliphatic carbocycles. The summed E-state index contributed by atoms with van der Waals surface area (Å²) >= 11 is 11.6. The van der Waals surface area contributed by atoms with E-state index in [2.05, 4.69) is 4.98 Å². The first-order chi connectivity index (χ1) is 4.63. The molecule has 0 N–H and O–H groups in total. The fourth-order valence-corrected chi connectivity index (χ4v) is 1.02. The molecule has 4 heteroatoms. The van der Waals surface area contributed by atoms with Crippen LogP contribution in [0.15, 0.2) is 6.20 Å². The third-order valence-electron chi connectivity index (χ3n) is 1.31. The summed E-state index contributed by atoms with van der Waals surface area (Å²) in [4.78, 5) is 4.02. The molecule has 1 aromatic rings. The van der Waals surface area contributed by atoms with E-state index < -0.39 is 0 Å². The van der Waals surface area contributed by atoms with Crippen LogP contribution in [0.1, 0.15) is 11.3 Å². The van der Waals surface area contributed by atoms with Crippen LogP contribution < -0.4 is 0 Å². The molecule has 11 heavy (non-hydrogen) atoms. The zero-order valence-electron chi connectivity index (χ0n) is 6.19. The Morgan fingerprint density at radius 3 is 2.18 bits per heavy atom. The SMILES string of the molecule is Cc1cnc(C)c(Cl)c1Cl.Cl. The summed E-state index contributed by atoms with van der Waals surface area (Å²) in [6.45, 7) is 3.70. The van der Waals surface area contributed by atoms with Crippen molar-refractivity contribution in [1.82, 2.24) is 4.98 Å². The van der Waals surface area contributed by atoms with E-state index in [9.17, 15) is 0 Å². The minimum atomic E-state index is 0. The molecule has 0 aliphatic heterocycles. The zero-order valence-corrected chi connectivity index (χ0v) is 8.52. The van der Waals surface area contributed by atoms with Gasteiger partial charge in [-0.15, -0.1) is 12.4 Å². The zero-order chi connectivity index (χ0) is 7.72. The summed E-state index contributed by atoms with van der Waals surface area (Å²) in [5.41, 5.74) is 1.69. The molecule has 0 amide bonds. The van der Waals surface area contributed by atoms with Gasteiger partial charge < -0.3 is 0 Å². The summed E-state index contributed by atoms with van der Waals surface area (Å²) in [6, 6.07) is 0. The van der Waals surface area contributed by atoms with Gasteiger partial charge in [0.1, 0.15) is 0 Å². The van der Waals surface area contributed by atoms with Gasteiger partial charge in [0.2, 0.25) is 0 Å². The van der Waals surface area contributed by atoms with Crippen LogP contribution in [0.25, 0.3) is 0 Å². The molecule has 0 aliphatic rings. The quantitative estimate of drug-likeness (QED) is 0.642. The Bertz CT molecular complexity index is 233. The number of nitrogens with zero attached hydrogens (tertiary/aromatic N) is 1. The number of hydrogen-bond donors (Lipinski definition) is 0. The predicted molar refractivity (Wildman–Crippen MR) is 51.0 cm³/mol. The van der Waals surface area contributed by atoms with Crippen molar-refractivity contribution in [3.05, 3.63) is 27.5 Å². The highest BCUT2D eigenvalue weighted by Crippen LogP contribution is 2.26. The van der Waals surface area contributed by atoms with Crippen LogP contribution >= 0.6 is 35.6 Å². The third kappa shape index (κ3) is 2.22. The molecule has 0 saturated heterocycles. The highest BCUT2D eigenvalue weighted by atomic mass is 35.5. The molecule has 1 aromatic heterocycles. The summed E-state index contributed by atoms with van der Waals surface area (Å²) in [5, 5.41) is 1.16. The second kappa shape index (κ2) is 4.15. The highest BCUT2D eigenvalue weighted by molar-refractivity contribution is 6.42. The molecule has 62 valence electrons. The molecule has 0 bridgehead atoms.